The van der Waals surface area contributed by atoms with Crippen molar-refractivity contribution in [1.82, 2.24) is 15.3 Å². The van der Waals surface area contributed by atoms with Crippen molar-refractivity contribution in [2.75, 3.05) is 18.0 Å². The molecule has 1 saturated heterocycles. The summed E-state index contributed by atoms with van der Waals surface area (Å²) in [4.78, 5) is 25.6. The Balaban J connectivity index is 1.41. The van der Waals surface area contributed by atoms with E-state index in [-0.39, 0.29) is 17.9 Å². The maximum atomic E-state index is 12.7. The van der Waals surface area contributed by atoms with Crippen molar-refractivity contribution in [1.29, 1.82) is 0 Å². The largest absolute Gasteiger partial charge is 0.349 e. The van der Waals surface area contributed by atoms with E-state index >= 15 is 0 Å². The van der Waals surface area contributed by atoms with Gasteiger partial charge in [-0.05, 0) is 56.7 Å². The highest BCUT2D eigenvalue weighted by atomic mass is 32.1. The predicted molar refractivity (Wildman–Crippen MR) is 115 cm³/mol. The molecule has 2 aromatic heterocycles. The molecular weight excluding hydrogens is 368 g/mol. The fourth-order valence-corrected chi connectivity index (χ4v) is 4.54. The van der Waals surface area contributed by atoms with E-state index in [4.69, 9.17) is 9.97 Å². The Hall–Kier alpha value is -2.47. The van der Waals surface area contributed by atoms with E-state index in [2.05, 4.69) is 41.4 Å². The second-order valence-electron chi connectivity index (χ2n) is 7.64. The third kappa shape index (κ3) is 3.87. The van der Waals surface area contributed by atoms with Crippen LogP contribution in [0.3, 0.4) is 0 Å². The molecule has 28 heavy (non-hydrogen) atoms. The summed E-state index contributed by atoms with van der Waals surface area (Å²) in [5, 5.41) is 6.32. The van der Waals surface area contributed by atoms with Crippen LogP contribution in [0, 0.1) is 19.8 Å². The zero-order chi connectivity index (χ0) is 19.7. The van der Waals surface area contributed by atoms with E-state index in [0.29, 0.717) is 0 Å². The lowest BCUT2D eigenvalue weighted by molar-refractivity contribution is -0.126. The van der Waals surface area contributed by atoms with Crippen LogP contribution in [-0.4, -0.2) is 29.0 Å². The Bertz CT molecular complexity index is 978. The maximum absolute atomic E-state index is 12.7. The van der Waals surface area contributed by atoms with Gasteiger partial charge in [0.1, 0.15) is 0 Å². The molecule has 0 bridgehead atoms. The summed E-state index contributed by atoms with van der Waals surface area (Å²) in [6, 6.07) is 10.5. The van der Waals surface area contributed by atoms with Crippen LogP contribution in [0.15, 0.2) is 35.7 Å². The zero-order valence-electron chi connectivity index (χ0n) is 16.6. The normalized spacial score (nSPS) is 16.3. The van der Waals surface area contributed by atoms with Gasteiger partial charge in [0, 0.05) is 29.3 Å². The minimum absolute atomic E-state index is 0.0578. The van der Waals surface area contributed by atoms with E-state index in [1.165, 1.54) is 10.4 Å². The topological polar surface area (TPSA) is 58.1 Å². The van der Waals surface area contributed by atoms with Crippen molar-refractivity contribution in [2.24, 2.45) is 5.92 Å². The monoisotopic (exact) mass is 394 g/mol. The highest BCUT2D eigenvalue weighted by Crippen LogP contribution is 2.26. The fraction of sp³-hybridized carbons (Fsp3) is 0.409. The van der Waals surface area contributed by atoms with E-state index in [9.17, 15) is 4.79 Å². The Morgan fingerprint density at radius 2 is 2.00 bits per heavy atom. The van der Waals surface area contributed by atoms with E-state index in [1.807, 2.05) is 25.3 Å². The number of thiophene rings is 1. The number of amides is 1. The SMILES string of the molecule is Cc1ccc2c(C)nc(N3CCC(C(=O)N[C@H](C)c4cccs4)CC3)nc2c1. The van der Waals surface area contributed by atoms with Gasteiger partial charge in [-0.2, -0.15) is 0 Å². The number of piperidine rings is 1. The minimum atomic E-state index is 0.0578. The van der Waals surface area contributed by atoms with Gasteiger partial charge in [-0.25, -0.2) is 9.97 Å². The van der Waals surface area contributed by atoms with Crippen molar-refractivity contribution in [2.45, 2.75) is 39.7 Å². The molecule has 1 aromatic carbocycles. The molecule has 0 spiro atoms. The van der Waals surface area contributed by atoms with Crippen molar-refractivity contribution in [3.63, 3.8) is 0 Å². The molecule has 0 saturated carbocycles. The minimum Gasteiger partial charge on any atom is -0.349 e. The number of carbonyl (C=O) groups is 1. The van der Waals surface area contributed by atoms with E-state index in [0.717, 1.165) is 48.5 Å². The van der Waals surface area contributed by atoms with Crippen LogP contribution in [0.5, 0.6) is 0 Å². The van der Waals surface area contributed by atoms with Crippen LogP contribution in [0.25, 0.3) is 10.9 Å². The fourth-order valence-electron chi connectivity index (χ4n) is 3.81. The van der Waals surface area contributed by atoms with Crippen molar-refractivity contribution in [3.8, 4) is 0 Å². The molecule has 146 valence electrons. The molecule has 3 aromatic rings. The summed E-state index contributed by atoms with van der Waals surface area (Å²) in [6.45, 7) is 7.78. The quantitative estimate of drug-likeness (QED) is 0.712. The van der Waals surface area contributed by atoms with Crippen LogP contribution in [0.1, 0.15) is 41.9 Å². The van der Waals surface area contributed by atoms with E-state index in [1.54, 1.807) is 11.3 Å². The molecular formula is C22H26N4OS. The molecule has 1 amide bonds. The second-order valence-corrected chi connectivity index (χ2v) is 8.62. The summed E-state index contributed by atoms with van der Waals surface area (Å²) < 4.78 is 0. The number of nitrogens with zero attached hydrogens (tertiary/aromatic N) is 3. The standard InChI is InChI=1S/C22H26N4OS/c1-14-6-7-18-15(2)24-22(25-19(18)13-14)26-10-8-17(9-11-26)21(27)23-16(3)20-5-4-12-28-20/h4-7,12-13,16-17H,8-11H2,1-3H3,(H,23,27)/t16-/m1/s1. The molecule has 0 aliphatic carbocycles. The summed E-state index contributed by atoms with van der Waals surface area (Å²) in [5.41, 5.74) is 3.20. The van der Waals surface area contributed by atoms with Crippen molar-refractivity contribution < 1.29 is 4.79 Å². The third-order valence-electron chi connectivity index (χ3n) is 5.51. The second kappa shape index (κ2) is 7.87. The number of fused-ring (bicyclic) bond motifs is 1. The van der Waals surface area contributed by atoms with Crippen LogP contribution in [-0.2, 0) is 4.79 Å². The Kier molecular flexibility index (Phi) is 5.31. The lowest BCUT2D eigenvalue weighted by atomic mass is 9.95. The molecule has 3 heterocycles. The predicted octanol–water partition coefficient (Wildman–Crippen LogP) is 4.40. The van der Waals surface area contributed by atoms with E-state index < -0.39 is 0 Å². The lowest BCUT2D eigenvalue weighted by Crippen LogP contribution is -2.41. The first-order valence-corrected chi connectivity index (χ1v) is 10.7. The molecule has 5 nitrogen and oxygen atoms in total. The first-order valence-electron chi connectivity index (χ1n) is 9.85. The van der Waals surface area contributed by atoms with Crippen molar-refractivity contribution >= 4 is 34.1 Å². The third-order valence-corrected chi connectivity index (χ3v) is 6.56. The number of aryl methyl sites for hydroxylation is 2. The van der Waals surface area contributed by atoms with Gasteiger partial charge in [-0.1, -0.05) is 18.2 Å². The maximum Gasteiger partial charge on any atom is 0.226 e. The van der Waals surface area contributed by atoms with Crippen LogP contribution in [0.4, 0.5) is 5.95 Å². The highest BCUT2D eigenvalue weighted by molar-refractivity contribution is 7.10. The van der Waals surface area contributed by atoms with Gasteiger partial charge < -0.3 is 10.2 Å². The number of hydrogen-bond donors (Lipinski definition) is 1. The number of anilines is 1. The van der Waals surface area contributed by atoms with Gasteiger partial charge in [0.2, 0.25) is 11.9 Å². The molecule has 1 atom stereocenters. The van der Waals surface area contributed by atoms with Gasteiger partial charge in [0.25, 0.3) is 0 Å². The lowest BCUT2D eigenvalue weighted by Gasteiger charge is -2.32. The average molecular weight is 395 g/mol. The molecule has 0 unspecified atom stereocenters. The molecule has 1 aliphatic rings. The zero-order valence-corrected chi connectivity index (χ0v) is 17.4. The van der Waals surface area contributed by atoms with Crippen LogP contribution >= 0.6 is 11.3 Å². The average Bonchev–Trinajstić information content (AvgIpc) is 3.22. The number of benzene rings is 1. The first-order chi connectivity index (χ1) is 13.5. The Labute approximate surface area is 169 Å². The van der Waals surface area contributed by atoms with Gasteiger partial charge in [-0.15, -0.1) is 11.3 Å². The van der Waals surface area contributed by atoms with Gasteiger partial charge in [-0.3, -0.25) is 4.79 Å². The summed E-state index contributed by atoms with van der Waals surface area (Å²) in [5.74, 6) is 0.996. The Morgan fingerprint density at radius 3 is 2.71 bits per heavy atom. The molecule has 4 rings (SSSR count). The number of aromatic nitrogens is 2. The Morgan fingerprint density at radius 1 is 1.21 bits per heavy atom. The summed E-state index contributed by atoms with van der Waals surface area (Å²) in [7, 11) is 0. The molecule has 1 N–H and O–H groups in total. The number of rotatable bonds is 4. The van der Waals surface area contributed by atoms with Crippen molar-refractivity contribution in [3.05, 3.63) is 51.8 Å². The van der Waals surface area contributed by atoms with Crippen LogP contribution in [0.2, 0.25) is 0 Å². The molecule has 6 heteroatoms. The van der Waals surface area contributed by atoms with Gasteiger partial charge in [0.05, 0.1) is 17.3 Å². The van der Waals surface area contributed by atoms with Gasteiger partial charge in [0.15, 0.2) is 0 Å². The molecule has 1 aliphatic heterocycles. The number of nitrogens with one attached hydrogen (secondary N) is 1. The molecule has 1 fully saturated rings. The first kappa shape index (κ1) is 18.9. The van der Waals surface area contributed by atoms with Gasteiger partial charge >= 0.3 is 0 Å². The molecule has 0 radical (unpaired) electrons. The summed E-state index contributed by atoms with van der Waals surface area (Å²) >= 11 is 1.68. The smallest absolute Gasteiger partial charge is 0.226 e. The highest BCUT2D eigenvalue weighted by Gasteiger charge is 2.27. The summed E-state index contributed by atoms with van der Waals surface area (Å²) in [6.07, 6.45) is 1.66. The number of hydrogen-bond acceptors (Lipinski definition) is 5. The number of carbonyl (C=O) groups excluding carboxylic acids is 1. The van der Waals surface area contributed by atoms with Crippen LogP contribution < -0.4 is 10.2 Å².